The van der Waals surface area contributed by atoms with Crippen LogP contribution in [0.4, 0.5) is 0 Å². The van der Waals surface area contributed by atoms with E-state index < -0.39 is 15.4 Å². The summed E-state index contributed by atoms with van der Waals surface area (Å²) in [7, 11) is -3.45. The lowest BCUT2D eigenvalue weighted by atomic mass is 9.68. The molecular formula is C21H32BNO3SSi. The summed E-state index contributed by atoms with van der Waals surface area (Å²) < 4.78 is 6.59. The van der Waals surface area contributed by atoms with Gasteiger partial charge in [0.15, 0.2) is 8.32 Å². The van der Waals surface area contributed by atoms with Crippen molar-refractivity contribution in [2.45, 2.75) is 64.3 Å². The van der Waals surface area contributed by atoms with Crippen LogP contribution in [-0.2, 0) is 4.43 Å². The molecule has 1 aromatic rings. The molecule has 1 aliphatic rings. The Labute approximate surface area is 176 Å². The van der Waals surface area contributed by atoms with Gasteiger partial charge in [0.05, 0.1) is 0 Å². The van der Waals surface area contributed by atoms with Crippen molar-refractivity contribution in [2.75, 3.05) is 0 Å². The maximum absolute atomic E-state index is 9.68. The lowest BCUT2D eigenvalue weighted by Crippen LogP contribution is -2.44. The van der Waals surface area contributed by atoms with Crippen molar-refractivity contribution < 1.29 is 14.5 Å². The first-order chi connectivity index (χ1) is 12.9. The molecule has 28 heavy (non-hydrogen) atoms. The molecule has 2 unspecified atom stereocenters. The Hall–Kier alpha value is -1.12. The van der Waals surface area contributed by atoms with Crippen LogP contribution in [0, 0.1) is 5.92 Å². The first kappa shape index (κ1) is 23.2. The lowest BCUT2D eigenvalue weighted by molar-refractivity contribution is 0.176. The number of hydrogen-bond acceptors (Lipinski definition) is 5. The molecule has 3 atom stereocenters. The summed E-state index contributed by atoms with van der Waals surface area (Å²) in [4.78, 5) is 4.86. The van der Waals surface area contributed by atoms with Crippen molar-refractivity contribution in [1.82, 2.24) is 4.98 Å². The molecule has 0 saturated heterocycles. The topological polar surface area (TPSA) is 62.6 Å². The van der Waals surface area contributed by atoms with Gasteiger partial charge in [0.2, 0.25) is 0 Å². The number of pyridine rings is 1. The predicted octanol–water partition coefficient (Wildman–Crippen LogP) is 4.46. The van der Waals surface area contributed by atoms with Crippen LogP contribution in [0.25, 0.3) is 0 Å². The smallest absolute Gasteiger partial charge is 0.423 e. The minimum absolute atomic E-state index is 0.0516. The van der Waals surface area contributed by atoms with E-state index in [1.165, 1.54) is 0 Å². The van der Waals surface area contributed by atoms with Gasteiger partial charge in [0, 0.05) is 29.3 Å². The number of allylic oxidation sites excluding steroid dienone is 4. The molecule has 0 saturated carbocycles. The zero-order valence-corrected chi connectivity index (χ0v) is 19.5. The van der Waals surface area contributed by atoms with E-state index in [-0.39, 0.29) is 23.0 Å². The standard InChI is InChI=1S/C21H32BNO3SSi/c1-15(26-28(5,6)21(2,3)4)13-18(16-9-8-12-23-14-16)17-10-7-11-19(20(17)27)22(24)25/h7-12,14-15,17-18,24-25H,13H2,1-6H3/t15-,17?,18?/m1/s1. The van der Waals surface area contributed by atoms with Crippen molar-refractivity contribution in [3.05, 3.63) is 53.8 Å². The van der Waals surface area contributed by atoms with Crippen LogP contribution >= 0.6 is 12.2 Å². The quantitative estimate of drug-likeness (QED) is 0.507. The molecule has 1 heterocycles. The van der Waals surface area contributed by atoms with Gasteiger partial charge in [-0.15, -0.1) is 0 Å². The van der Waals surface area contributed by atoms with Gasteiger partial charge < -0.3 is 14.5 Å². The van der Waals surface area contributed by atoms with Crippen LogP contribution in [0.1, 0.15) is 45.6 Å². The molecule has 0 fully saturated rings. The van der Waals surface area contributed by atoms with Crippen molar-refractivity contribution in [3.8, 4) is 0 Å². The molecule has 2 rings (SSSR count). The monoisotopic (exact) mass is 417 g/mol. The third-order valence-corrected chi connectivity index (χ3v) is 11.0. The Morgan fingerprint density at radius 3 is 2.54 bits per heavy atom. The van der Waals surface area contributed by atoms with Crippen molar-refractivity contribution >= 4 is 32.5 Å². The highest BCUT2D eigenvalue weighted by Gasteiger charge is 2.40. The summed E-state index contributed by atoms with van der Waals surface area (Å²) in [5, 5.41) is 19.5. The fourth-order valence-corrected chi connectivity index (χ4v) is 5.21. The average Bonchev–Trinajstić information content (AvgIpc) is 2.59. The minimum atomic E-state index is -1.89. The van der Waals surface area contributed by atoms with Crippen molar-refractivity contribution in [1.29, 1.82) is 0 Å². The molecule has 0 bridgehead atoms. The lowest BCUT2D eigenvalue weighted by Gasteiger charge is -2.40. The van der Waals surface area contributed by atoms with E-state index >= 15 is 0 Å². The first-order valence-corrected chi connectivity index (χ1v) is 13.1. The normalized spacial score (nSPS) is 19.9. The van der Waals surface area contributed by atoms with E-state index in [2.05, 4.69) is 51.8 Å². The van der Waals surface area contributed by atoms with Gasteiger partial charge in [-0.3, -0.25) is 4.98 Å². The third-order valence-electron chi connectivity index (χ3n) is 5.89. The summed E-state index contributed by atoms with van der Waals surface area (Å²) in [5.74, 6) is -0.0499. The number of aromatic nitrogens is 1. The second-order valence-electron chi connectivity index (χ2n) is 9.09. The van der Waals surface area contributed by atoms with E-state index in [4.69, 9.17) is 16.6 Å². The maximum atomic E-state index is 9.68. The van der Waals surface area contributed by atoms with Crippen LogP contribution in [-0.4, -0.2) is 41.4 Å². The molecule has 7 heteroatoms. The Morgan fingerprint density at radius 1 is 1.32 bits per heavy atom. The van der Waals surface area contributed by atoms with Crippen LogP contribution in [0.2, 0.25) is 18.1 Å². The van der Waals surface area contributed by atoms with Gasteiger partial charge in [-0.25, -0.2) is 0 Å². The Kier molecular flexibility index (Phi) is 7.56. The zero-order chi connectivity index (χ0) is 21.1. The molecule has 0 spiro atoms. The number of hydrogen-bond donors (Lipinski definition) is 2. The highest BCUT2D eigenvalue weighted by atomic mass is 32.1. The average molecular weight is 417 g/mol. The molecule has 1 aromatic heterocycles. The molecular weight excluding hydrogens is 385 g/mol. The summed E-state index contributed by atoms with van der Waals surface area (Å²) in [6.45, 7) is 13.4. The first-order valence-electron chi connectivity index (χ1n) is 9.80. The van der Waals surface area contributed by atoms with Crippen LogP contribution in [0.5, 0.6) is 0 Å². The van der Waals surface area contributed by atoms with Gasteiger partial charge in [0.25, 0.3) is 0 Å². The molecule has 0 amide bonds. The Morgan fingerprint density at radius 2 is 2.00 bits per heavy atom. The highest BCUT2D eigenvalue weighted by Crippen LogP contribution is 2.40. The summed E-state index contributed by atoms with van der Waals surface area (Å²) >= 11 is 5.63. The SMILES string of the molecule is C[C@H](CC(c1cccnc1)C1C=CC=C(B(O)O)C1=S)O[Si](C)(C)C(C)(C)C. The van der Waals surface area contributed by atoms with E-state index in [1.54, 1.807) is 12.3 Å². The van der Waals surface area contributed by atoms with Crippen molar-refractivity contribution in [3.63, 3.8) is 0 Å². The Balaban J connectivity index is 2.29. The van der Waals surface area contributed by atoms with Gasteiger partial charge >= 0.3 is 7.12 Å². The number of thiocarbonyl (C=S) groups is 1. The summed E-state index contributed by atoms with van der Waals surface area (Å²) in [5.41, 5.74) is 1.48. The van der Waals surface area contributed by atoms with E-state index in [1.807, 2.05) is 24.4 Å². The number of nitrogens with zero attached hydrogens (tertiary/aromatic N) is 1. The fraction of sp³-hybridized carbons (Fsp3) is 0.524. The van der Waals surface area contributed by atoms with Crippen LogP contribution < -0.4 is 0 Å². The van der Waals surface area contributed by atoms with Gasteiger partial charge in [-0.2, -0.15) is 0 Å². The van der Waals surface area contributed by atoms with Gasteiger partial charge in [-0.05, 0) is 54.5 Å². The largest absolute Gasteiger partial charge is 0.489 e. The molecule has 4 nitrogen and oxygen atoms in total. The van der Waals surface area contributed by atoms with E-state index in [0.29, 0.717) is 10.3 Å². The van der Waals surface area contributed by atoms with Gasteiger partial charge in [0.1, 0.15) is 0 Å². The Bertz CT molecular complexity index is 744. The summed E-state index contributed by atoms with van der Waals surface area (Å²) in [6, 6.07) is 3.98. The summed E-state index contributed by atoms with van der Waals surface area (Å²) in [6.07, 6.45) is 10.0. The fourth-order valence-electron chi connectivity index (χ4n) is 3.34. The molecule has 1 aliphatic carbocycles. The van der Waals surface area contributed by atoms with E-state index in [0.717, 1.165) is 12.0 Å². The second-order valence-corrected chi connectivity index (χ2v) is 14.3. The second kappa shape index (κ2) is 9.13. The molecule has 152 valence electrons. The molecule has 0 aliphatic heterocycles. The predicted molar refractivity (Wildman–Crippen MR) is 123 cm³/mol. The molecule has 0 radical (unpaired) electrons. The third kappa shape index (κ3) is 5.48. The maximum Gasteiger partial charge on any atom is 0.489 e. The number of rotatable bonds is 7. The van der Waals surface area contributed by atoms with Gasteiger partial charge in [-0.1, -0.05) is 57.3 Å². The van der Waals surface area contributed by atoms with Crippen LogP contribution in [0.15, 0.2) is 48.2 Å². The molecule has 0 aromatic carbocycles. The zero-order valence-electron chi connectivity index (χ0n) is 17.7. The minimum Gasteiger partial charge on any atom is -0.423 e. The molecule has 2 N–H and O–H groups in total. The van der Waals surface area contributed by atoms with Crippen molar-refractivity contribution in [2.24, 2.45) is 5.92 Å². The van der Waals surface area contributed by atoms with E-state index in [9.17, 15) is 10.0 Å². The van der Waals surface area contributed by atoms with Crippen LogP contribution in [0.3, 0.4) is 0 Å². The highest BCUT2D eigenvalue weighted by molar-refractivity contribution is 7.81.